The van der Waals surface area contributed by atoms with E-state index < -0.39 is 0 Å². The number of azide groups is 1. The van der Waals surface area contributed by atoms with Crippen molar-refractivity contribution in [1.82, 2.24) is 0 Å². The summed E-state index contributed by atoms with van der Waals surface area (Å²) in [4.78, 5) is 2.76. The van der Waals surface area contributed by atoms with E-state index in [1.54, 1.807) is 7.11 Å². The molecule has 0 spiro atoms. The van der Waals surface area contributed by atoms with Gasteiger partial charge in [-0.3, -0.25) is 0 Å². The molecule has 0 aliphatic heterocycles. The lowest BCUT2D eigenvalue weighted by atomic mass is 10.0. The lowest BCUT2D eigenvalue weighted by Crippen LogP contribution is -2.14. The van der Waals surface area contributed by atoms with Crippen molar-refractivity contribution in [3.8, 4) is 0 Å². The highest BCUT2D eigenvalue weighted by molar-refractivity contribution is 5.26. The van der Waals surface area contributed by atoms with E-state index in [0.717, 1.165) is 24.8 Å². The summed E-state index contributed by atoms with van der Waals surface area (Å²) in [6.45, 7) is 0.421. The molecule has 0 amide bonds. The largest absolute Gasteiger partial charge is 0.378 e. The first-order valence-electron chi connectivity index (χ1n) is 5.42. The van der Waals surface area contributed by atoms with Crippen LogP contribution in [0, 0.1) is 0 Å². The van der Waals surface area contributed by atoms with E-state index in [1.165, 1.54) is 5.56 Å². The summed E-state index contributed by atoms with van der Waals surface area (Å²) in [6, 6.07) is 8.17. The molecule has 1 aromatic rings. The summed E-state index contributed by atoms with van der Waals surface area (Å²) in [7, 11) is 1.77. The van der Waals surface area contributed by atoms with E-state index in [9.17, 15) is 0 Å². The SMILES string of the molecule is COC1(Cc2cccc(CN=[N+]=[N-])c2)CC1. The van der Waals surface area contributed by atoms with Crippen LogP contribution in [0.25, 0.3) is 10.4 Å². The number of ether oxygens (including phenoxy) is 1. The second kappa shape index (κ2) is 4.56. The third kappa shape index (κ3) is 2.54. The van der Waals surface area contributed by atoms with E-state index in [2.05, 4.69) is 22.2 Å². The van der Waals surface area contributed by atoms with Crippen molar-refractivity contribution in [2.45, 2.75) is 31.4 Å². The van der Waals surface area contributed by atoms with Gasteiger partial charge in [0, 0.05) is 18.4 Å². The highest BCUT2D eigenvalue weighted by atomic mass is 16.5. The number of hydrogen-bond acceptors (Lipinski definition) is 2. The fourth-order valence-electron chi connectivity index (χ4n) is 1.92. The maximum absolute atomic E-state index is 8.27. The molecule has 0 radical (unpaired) electrons. The first kappa shape index (κ1) is 11.0. The summed E-state index contributed by atoms with van der Waals surface area (Å²) < 4.78 is 5.49. The smallest absolute Gasteiger partial charge is 0.0721 e. The predicted octanol–water partition coefficient (Wildman–Crippen LogP) is 3.22. The minimum absolute atomic E-state index is 0.0805. The van der Waals surface area contributed by atoms with Crippen molar-refractivity contribution in [3.05, 3.63) is 45.8 Å². The molecular formula is C12H15N3O. The van der Waals surface area contributed by atoms with E-state index in [-0.39, 0.29) is 5.60 Å². The minimum atomic E-state index is 0.0805. The standard InChI is InChI=1S/C12H15N3O/c1-16-12(5-6-12)8-10-3-2-4-11(7-10)9-14-15-13/h2-4,7H,5-6,8-9H2,1H3. The van der Waals surface area contributed by atoms with Crippen LogP contribution >= 0.6 is 0 Å². The zero-order chi connectivity index (χ0) is 11.4. The summed E-state index contributed by atoms with van der Waals surface area (Å²) in [6.07, 6.45) is 3.24. The molecule has 0 unspecified atom stereocenters. The van der Waals surface area contributed by atoms with Gasteiger partial charge in [-0.25, -0.2) is 0 Å². The Labute approximate surface area is 94.9 Å². The van der Waals surface area contributed by atoms with Crippen LogP contribution in [0.2, 0.25) is 0 Å². The number of methoxy groups -OCH3 is 1. The molecule has 0 N–H and O–H groups in total. The van der Waals surface area contributed by atoms with Crippen molar-refractivity contribution in [1.29, 1.82) is 0 Å². The maximum atomic E-state index is 8.27. The van der Waals surface area contributed by atoms with Gasteiger partial charge in [-0.2, -0.15) is 0 Å². The molecule has 2 rings (SSSR count). The fraction of sp³-hybridized carbons (Fsp3) is 0.500. The van der Waals surface area contributed by atoms with Gasteiger partial charge in [-0.1, -0.05) is 29.4 Å². The Morgan fingerprint density at radius 1 is 1.44 bits per heavy atom. The second-order valence-electron chi connectivity index (χ2n) is 4.27. The zero-order valence-corrected chi connectivity index (χ0v) is 9.39. The number of rotatable bonds is 5. The Morgan fingerprint density at radius 2 is 2.19 bits per heavy atom. The number of hydrogen-bond donors (Lipinski definition) is 0. The van der Waals surface area contributed by atoms with Crippen LogP contribution in [0.4, 0.5) is 0 Å². The van der Waals surface area contributed by atoms with Crippen LogP contribution in [-0.2, 0) is 17.7 Å². The Hall–Kier alpha value is -1.51. The molecule has 0 heterocycles. The second-order valence-corrected chi connectivity index (χ2v) is 4.27. The van der Waals surface area contributed by atoms with Crippen LogP contribution in [0.3, 0.4) is 0 Å². The normalized spacial score (nSPS) is 16.6. The van der Waals surface area contributed by atoms with Gasteiger partial charge < -0.3 is 4.74 Å². The molecule has 1 saturated carbocycles. The average molecular weight is 217 g/mol. The zero-order valence-electron chi connectivity index (χ0n) is 9.39. The maximum Gasteiger partial charge on any atom is 0.0721 e. The van der Waals surface area contributed by atoms with Crippen LogP contribution in [-0.4, -0.2) is 12.7 Å². The van der Waals surface area contributed by atoms with Gasteiger partial charge in [-0.15, -0.1) is 0 Å². The number of benzene rings is 1. The van der Waals surface area contributed by atoms with Crippen LogP contribution in [0.15, 0.2) is 29.4 Å². The highest BCUT2D eigenvalue weighted by Gasteiger charge is 2.42. The molecule has 4 nitrogen and oxygen atoms in total. The van der Waals surface area contributed by atoms with E-state index in [4.69, 9.17) is 10.3 Å². The molecule has 1 fully saturated rings. The molecule has 0 atom stereocenters. The van der Waals surface area contributed by atoms with Gasteiger partial charge in [0.1, 0.15) is 0 Å². The topological polar surface area (TPSA) is 58.0 Å². The van der Waals surface area contributed by atoms with Crippen molar-refractivity contribution < 1.29 is 4.74 Å². The lowest BCUT2D eigenvalue weighted by Gasteiger charge is -2.13. The lowest BCUT2D eigenvalue weighted by molar-refractivity contribution is 0.0807. The molecule has 16 heavy (non-hydrogen) atoms. The van der Waals surface area contributed by atoms with Crippen LogP contribution in [0.1, 0.15) is 24.0 Å². The van der Waals surface area contributed by atoms with Gasteiger partial charge in [-0.05, 0) is 29.5 Å². The first-order chi connectivity index (χ1) is 7.78. The van der Waals surface area contributed by atoms with Gasteiger partial charge in [0.2, 0.25) is 0 Å². The molecule has 0 aromatic heterocycles. The van der Waals surface area contributed by atoms with Crippen molar-refractivity contribution in [2.24, 2.45) is 5.11 Å². The quantitative estimate of drug-likeness (QED) is 0.424. The monoisotopic (exact) mass is 217 g/mol. The van der Waals surface area contributed by atoms with Crippen molar-refractivity contribution in [2.75, 3.05) is 7.11 Å². The first-order valence-corrected chi connectivity index (χ1v) is 5.42. The molecule has 84 valence electrons. The van der Waals surface area contributed by atoms with Crippen LogP contribution < -0.4 is 0 Å². The third-order valence-electron chi connectivity index (χ3n) is 3.07. The Morgan fingerprint density at radius 3 is 2.81 bits per heavy atom. The van der Waals surface area contributed by atoms with Crippen molar-refractivity contribution in [3.63, 3.8) is 0 Å². The Kier molecular flexibility index (Phi) is 3.13. The summed E-state index contributed by atoms with van der Waals surface area (Å²) >= 11 is 0. The molecule has 1 aliphatic rings. The minimum Gasteiger partial charge on any atom is -0.378 e. The summed E-state index contributed by atoms with van der Waals surface area (Å²) in [5, 5.41) is 3.56. The fourth-order valence-corrected chi connectivity index (χ4v) is 1.92. The van der Waals surface area contributed by atoms with E-state index >= 15 is 0 Å². The molecule has 1 aliphatic carbocycles. The van der Waals surface area contributed by atoms with E-state index in [0.29, 0.717) is 6.54 Å². The van der Waals surface area contributed by atoms with E-state index in [1.807, 2.05) is 12.1 Å². The predicted molar refractivity (Wildman–Crippen MR) is 62.0 cm³/mol. The number of nitrogens with zero attached hydrogens (tertiary/aromatic N) is 3. The Balaban J connectivity index is 2.07. The average Bonchev–Trinajstić information content (AvgIpc) is 3.07. The van der Waals surface area contributed by atoms with Gasteiger partial charge in [0.25, 0.3) is 0 Å². The third-order valence-corrected chi connectivity index (χ3v) is 3.07. The van der Waals surface area contributed by atoms with Crippen LogP contribution in [0.5, 0.6) is 0 Å². The molecule has 1 aromatic carbocycles. The molecule has 0 saturated heterocycles. The summed E-state index contributed by atoms with van der Waals surface area (Å²) in [5.74, 6) is 0. The molecular weight excluding hydrogens is 202 g/mol. The van der Waals surface area contributed by atoms with Crippen molar-refractivity contribution >= 4 is 0 Å². The highest BCUT2D eigenvalue weighted by Crippen LogP contribution is 2.41. The van der Waals surface area contributed by atoms with Gasteiger partial charge in [0.05, 0.1) is 12.1 Å². The van der Waals surface area contributed by atoms with Gasteiger partial charge in [0.15, 0.2) is 0 Å². The summed E-state index contributed by atoms with van der Waals surface area (Å²) in [5.41, 5.74) is 10.7. The molecule has 0 bridgehead atoms. The molecule has 4 heteroatoms. The Bertz CT molecular complexity index is 420. The van der Waals surface area contributed by atoms with Gasteiger partial charge >= 0.3 is 0 Å².